The predicted molar refractivity (Wildman–Crippen MR) is 110 cm³/mol. The van der Waals surface area contributed by atoms with Crippen LogP contribution in [0.2, 0.25) is 0 Å². The minimum absolute atomic E-state index is 0.0698. The summed E-state index contributed by atoms with van der Waals surface area (Å²) in [5.74, 6) is 1.62. The smallest absolute Gasteiger partial charge is 0.277 e. The first-order chi connectivity index (χ1) is 14.6. The number of ether oxygens (including phenoxy) is 2. The fourth-order valence-electron chi connectivity index (χ4n) is 2.93. The van der Waals surface area contributed by atoms with Gasteiger partial charge in [0.15, 0.2) is 11.5 Å². The molecule has 3 aromatic rings. The Morgan fingerprint density at radius 1 is 1.20 bits per heavy atom. The molecule has 0 radical (unpaired) electrons. The maximum absolute atomic E-state index is 12.7. The molecule has 3 heterocycles. The molecule has 9 heteroatoms. The van der Waals surface area contributed by atoms with Crippen molar-refractivity contribution in [1.29, 1.82) is 0 Å². The third-order valence-corrected chi connectivity index (χ3v) is 5.87. The van der Waals surface area contributed by atoms with Crippen molar-refractivity contribution in [2.24, 2.45) is 5.92 Å². The molecule has 156 valence electrons. The third-order valence-electron chi connectivity index (χ3n) is 4.49. The van der Waals surface area contributed by atoms with E-state index in [0.717, 1.165) is 5.56 Å². The lowest BCUT2D eigenvalue weighted by Gasteiger charge is -2.23. The van der Waals surface area contributed by atoms with Crippen molar-refractivity contribution in [3.63, 3.8) is 0 Å². The Balaban J connectivity index is 1.39. The van der Waals surface area contributed by atoms with E-state index in [0.29, 0.717) is 29.2 Å². The van der Waals surface area contributed by atoms with E-state index < -0.39 is 6.10 Å². The van der Waals surface area contributed by atoms with Crippen molar-refractivity contribution in [3.8, 4) is 11.5 Å². The van der Waals surface area contributed by atoms with Crippen LogP contribution in [0.1, 0.15) is 31.4 Å². The molecule has 2 atom stereocenters. The van der Waals surface area contributed by atoms with Gasteiger partial charge in [0.1, 0.15) is 6.61 Å². The summed E-state index contributed by atoms with van der Waals surface area (Å²) in [6.45, 7) is 4.65. The van der Waals surface area contributed by atoms with Gasteiger partial charge in [-0.1, -0.05) is 43.8 Å². The molecular formula is C21H22N4O4S. The van der Waals surface area contributed by atoms with Crippen molar-refractivity contribution in [3.05, 3.63) is 60.2 Å². The van der Waals surface area contributed by atoms with Gasteiger partial charge in [0.25, 0.3) is 11.1 Å². The van der Waals surface area contributed by atoms with E-state index in [1.165, 1.54) is 11.8 Å². The number of nitrogens with one attached hydrogen (secondary N) is 1. The summed E-state index contributed by atoms with van der Waals surface area (Å²) < 4.78 is 17.4. The van der Waals surface area contributed by atoms with E-state index in [1.54, 1.807) is 12.4 Å². The summed E-state index contributed by atoms with van der Waals surface area (Å²) in [4.78, 5) is 16.8. The number of amides is 1. The van der Waals surface area contributed by atoms with Gasteiger partial charge in [-0.15, -0.1) is 10.2 Å². The Labute approximate surface area is 178 Å². The number of nitrogens with zero attached hydrogens (tertiary/aromatic N) is 3. The molecule has 4 rings (SSSR count). The number of benzene rings is 1. The Kier molecular flexibility index (Phi) is 6.18. The van der Waals surface area contributed by atoms with Crippen LogP contribution < -0.4 is 14.8 Å². The summed E-state index contributed by atoms with van der Waals surface area (Å²) in [5, 5.41) is 11.1. The molecular weight excluding hydrogens is 404 g/mol. The van der Waals surface area contributed by atoms with E-state index in [2.05, 4.69) is 20.5 Å². The van der Waals surface area contributed by atoms with E-state index in [-0.39, 0.29) is 23.7 Å². The van der Waals surface area contributed by atoms with Crippen LogP contribution in [-0.4, -0.2) is 32.9 Å². The Morgan fingerprint density at radius 2 is 2.03 bits per heavy atom. The molecule has 0 unspecified atom stereocenters. The Morgan fingerprint density at radius 3 is 2.80 bits per heavy atom. The second-order valence-corrected chi connectivity index (χ2v) is 8.22. The Hall–Kier alpha value is -3.07. The molecule has 1 aromatic carbocycles. The number of rotatable bonds is 7. The van der Waals surface area contributed by atoms with Crippen molar-refractivity contribution in [2.75, 3.05) is 6.61 Å². The molecule has 0 saturated carbocycles. The van der Waals surface area contributed by atoms with Crippen LogP contribution in [0.25, 0.3) is 0 Å². The zero-order valence-corrected chi connectivity index (χ0v) is 17.5. The van der Waals surface area contributed by atoms with Gasteiger partial charge in [-0.25, -0.2) is 0 Å². The normalized spacial score (nSPS) is 16.3. The fraction of sp³-hybridized carbons (Fsp3) is 0.333. The van der Waals surface area contributed by atoms with E-state index >= 15 is 0 Å². The molecule has 0 bridgehead atoms. The van der Waals surface area contributed by atoms with E-state index in [4.69, 9.17) is 13.9 Å². The zero-order chi connectivity index (χ0) is 20.9. The zero-order valence-electron chi connectivity index (χ0n) is 16.6. The standard InChI is InChI=1S/C21H22N4O4S/c1-13(2)18(19(26)23-11-14-6-5-9-22-10-14)30-21-25-24-20(29-21)17-12-27-15-7-3-4-8-16(15)28-17/h3-10,13,17-18H,11-12H2,1-2H3,(H,23,26)/t17-,18-/m0/s1. The number of fused-ring (bicyclic) bond motifs is 1. The molecule has 0 spiro atoms. The molecule has 0 fully saturated rings. The SMILES string of the molecule is CC(C)[C@H](Sc1nnc([C@@H]2COc3ccccc3O2)o1)C(=O)NCc1cccnc1. The van der Waals surface area contributed by atoms with Gasteiger partial charge in [-0.3, -0.25) is 9.78 Å². The average Bonchev–Trinajstić information content (AvgIpc) is 3.25. The first kappa shape index (κ1) is 20.2. The molecule has 8 nitrogen and oxygen atoms in total. The van der Waals surface area contributed by atoms with Crippen molar-refractivity contribution in [1.82, 2.24) is 20.5 Å². The monoisotopic (exact) mass is 426 g/mol. The average molecular weight is 426 g/mol. The van der Waals surface area contributed by atoms with Crippen molar-refractivity contribution in [2.45, 2.75) is 37.0 Å². The van der Waals surface area contributed by atoms with Gasteiger partial charge in [0.05, 0.1) is 5.25 Å². The lowest BCUT2D eigenvalue weighted by Crippen LogP contribution is -2.35. The molecule has 30 heavy (non-hydrogen) atoms. The van der Waals surface area contributed by atoms with Gasteiger partial charge in [0, 0.05) is 18.9 Å². The molecule has 1 aliphatic rings. The van der Waals surface area contributed by atoms with Crippen LogP contribution in [0.15, 0.2) is 58.4 Å². The number of aromatic nitrogens is 3. The summed E-state index contributed by atoms with van der Waals surface area (Å²) in [7, 11) is 0. The first-order valence-electron chi connectivity index (χ1n) is 9.65. The minimum Gasteiger partial charge on any atom is -0.485 e. The quantitative estimate of drug-likeness (QED) is 0.574. The van der Waals surface area contributed by atoms with Crippen LogP contribution >= 0.6 is 11.8 Å². The summed E-state index contributed by atoms with van der Waals surface area (Å²) >= 11 is 1.25. The van der Waals surface area contributed by atoms with Gasteiger partial charge in [-0.05, 0) is 29.7 Å². The predicted octanol–water partition coefficient (Wildman–Crippen LogP) is 3.41. The number of pyridine rings is 1. The maximum Gasteiger partial charge on any atom is 0.277 e. The number of thioether (sulfide) groups is 1. The van der Waals surface area contributed by atoms with E-state index in [9.17, 15) is 4.79 Å². The lowest BCUT2D eigenvalue weighted by atomic mass is 10.1. The summed E-state index contributed by atoms with van der Waals surface area (Å²) in [5.41, 5.74) is 0.938. The molecule has 0 aliphatic carbocycles. The van der Waals surface area contributed by atoms with Crippen molar-refractivity contribution >= 4 is 17.7 Å². The number of hydrogen-bond donors (Lipinski definition) is 1. The first-order valence-corrected chi connectivity index (χ1v) is 10.5. The fourth-order valence-corrected chi connectivity index (χ4v) is 3.83. The highest BCUT2D eigenvalue weighted by atomic mass is 32.2. The summed E-state index contributed by atoms with van der Waals surface area (Å²) in [6, 6.07) is 11.2. The molecule has 1 aliphatic heterocycles. The maximum atomic E-state index is 12.7. The largest absolute Gasteiger partial charge is 0.485 e. The van der Waals surface area contributed by atoms with Gasteiger partial charge < -0.3 is 19.2 Å². The second kappa shape index (κ2) is 9.17. The van der Waals surface area contributed by atoms with Crippen LogP contribution in [0, 0.1) is 5.92 Å². The number of para-hydroxylation sites is 2. The van der Waals surface area contributed by atoms with Crippen LogP contribution in [0.5, 0.6) is 11.5 Å². The van der Waals surface area contributed by atoms with Crippen molar-refractivity contribution < 1.29 is 18.7 Å². The molecule has 2 aromatic heterocycles. The number of carbonyl (C=O) groups is 1. The minimum atomic E-state index is -0.487. The molecule has 0 saturated heterocycles. The van der Waals surface area contributed by atoms with Crippen LogP contribution in [0.3, 0.4) is 0 Å². The number of hydrogen-bond acceptors (Lipinski definition) is 8. The van der Waals surface area contributed by atoms with Gasteiger partial charge >= 0.3 is 0 Å². The third kappa shape index (κ3) is 4.73. The van der Waals surface area contributed by atoms with Crippen LogP contribution in [0.4, 0.5) is 0 Å². The lowest BCUT2D eigenvalue weighted by molar-refractivity contribution is -0.121. The molecule has 1 amide bonds. The van der Waals surface area contributed by atoms with E-state index in [1.807, 2.05) is 50.2 Å². The highest BCUT2D eigenvalue weighted by molar-refractivity contribution is 8.00. The van der Waals surface area contributed by atoms with Crippen LogP contribution in [-0.2, 0) is 11.3 Å². The topological polar surface area (TPSA) is 99.4 Å². The highest BCUT2D eigenvalue weighted by Gasteiger charge is 2.30. The number of carbonyl (C=O) groups excluding carboxylic acids is 1. The molecule has 1 N–H and O–H groups in total. The Bertz CT molecular complexity index is 995. The highest BCUT2D eigenvalue weighted by Crippen LogP contribution is 2.36. The summed E-state index contributed by atoms with van der Waals surface area (Å²) in [6.07, 6.45) is 2.94. The van der Waals surface area contributed by atoms with Gasteiger partial charge in [0.2, 0.25) is 12.0 Å². The second-order valence-electron chi connectivity index (χ2n) is 7.13. The van der Waals surface area contributed by atoms with Gasteiger partial charge in [-0.2, -0.15) is 0 Å².